The highest BCUT2D eigenvalue weighted by Crippen LogP contribution is 2.27. The predicted octanol–water partition coefficient (Wildman–Crippen LogP) is 2.05. The molecule has 1 unspecified atom stereocenters. The van der Waals surface area contributed by atoms with Gasteiger partial charge in [-0.2, -0.15) is 5.10 Å². The lowest BCUT2D eigenvalue weighted by Gasteiger charge is -2.27. The minimum atomic E-state index is -0.991. The molecule has 1 aromatic heterocycles. The molecule has 2 aliphatic rings. The first-order chi connectivity index (χ1) is 14.2. The molecule has 2 aromatic rings. The van der Waals surface area contributed by atoms with E-state index in [9.17, 15) is 23.9 Å². The molecule has 2 aliphatic heterocycles. The first kappa shape index (κ1) is 20.1. The summed E-state index contributed by atoms with van der Waals surface area (Å²) in [7, 11) is 1.55. The molecule has 9 nitrogen and oxygen atoms in total. The van der Waals surface area contributed by atoms with Crippen LogP contribution in [0.25, 0.3) is 0 Å². The third-order valence-corrected chi connectivity index (χ3v) is 5.64. The van der Waals surface area contributed by atoms with E-state index in [1.54, 1.807) is 7.05 Å². The lowest BCUT2D eigenvalue weighted by Crippen LogP contribution is -2.39. The summed E-state index contributed by atoms with van der Waals surface area (Å²) in [5.41, 5.74) is 1.98. The van der Waals surface area contributed by atoms with Crippen molar-refractivity contribution in [2.24, 2.45) is 5.92 Å². The molecule has 2 N–H and O–H groups in total. The number of amides is 3. The van der Waals surface area contributed by atoms with E-state index in [-0.39, 0.29) is 30.6 Å². The van der Waals surface area contributed by atoms with Crippen LogP contribution in [0.15, 0.2) is 18.2 Å². The van der Waals surface area contributed by atoms with Crippen LogP contribution >= 0.6 is 11.6 Å². The molecular weight excluding hydrogens is 417 g/mol. The number of aliphatic carboxylic acids is 1. The van der Waals surface area contributed by atoms with Crippen LogP contribution in [0.3, 0.4) is 0 Å². The third kappa shape index (κ3) is 3.58. The average Bonchev–Trinajstić information content (AvgIpc) is 3.00. The molecule has 4 rings (SSSR count). The Labute approximate surface area is 176 Å². The van der Waals surface area contributed by atoms with Crippen molar-refractivity contribution in [1.82, 2.24) is 19.6 Å². The Morgan fingerprint density at radius 3 is 2.80 bits per heavy atom. The zero-order valence-corrected chi connectivity index (χ0v) is 16.8. The summed E-state index contributed by atoms with van der Waals surface area (Å²) in [5, 5.41) is 16.4. The highest BCUT2D eigenvalue weighted by atomic mass is 35.5. The average molecular weight is 436 g/mol. The molecule has 158 valence electrons. The number of nitrogens with zero attached hydrogens (tertiary/aromatic N) is 4. The zero-order chi connectivity index (χ0) is 21.6. The van der Waals surface area contributed by atoms with Crippen LogP contribution in [0.1, 0.15) is 21.7 Å². The third-order valence-electron chi connectivity index (χ3n) is 5.35. The Hall–Kier alpha value is -3.14. The highest BCUT2D eigenvalue weighted by Gasteiger charge is 2.36. The Bertz CT molecular complexity index is 1060. The molecule has 1 atom stereocenters. The van der Waals surface area contributed by atoms with Gasteiger partial charge < -0.3 is 20.2 Å². The summed E-state index contributed by atoms with van der Waals surface area (Å²) >= 11 is 5.76. The number of fused-ring (bicyclic) bond motifs is 3. The largest absolute Gasteiger partial charge is 0.481 e. The molecular formula is C19H19ClFN5O4. The van der Waals surface area contributed by atoms with Crippen molar-refractivity contribution in [3.05, 3.63) is 46.0 Å². The summed E-state index contributed by atoms with van der Waals surface area (Å²) in [6, 6.07) is 3.48. The number of rotatable bonds is 2. The Balaban J connectivity index is 1.58. The monoisotopic (exact) mass is 435 g/mol. The van der Waals surface area contributed by atoms with Crippen LogP contribution < -0.4 is 5.32 Å². The normalized spacial score (nSPS) is 18.5. The Morgan fingerprint density at radius 2 is 2.10 bits per heavy atom. The summed E-state index contributed by atoms with van der Waals surface area (Å²) < 4.78 is 14.8. The number of carboxylic acid groups (broad SMARTS) is 1. The summed E-state index contributed by atoms with van der Waals surface area (Å²) in [5.74, 6) is -2.65. The number of halogens is 2. The smallest absolute Gasteiger partial charge is 0.322 e. The van der Waals surface area contributed by atoms with E-state index in [4.69, 9.17) is 11.6 Å². The number of nitrogens with one attached hydrogen (secondary N) is 1. The fourth-order valence-corrected chi connectivity index (χ4v) is 3.95. The van der Waals surface area contributed by atoms with Crippen molar-refractivity contribution in [3.8, 4) is 0 Å². The maximum absolute atomic E-state index is 13.3. The molecule has 0 aliphatic carbocycles. The number of aromatic nitrogens is 2. The molecule has 3 amide bonds. The van der Waals surface area contributed by atoms with Crippen molar-refractivity contribution >= 4 is 35.2 Å². The van der Waals surface area contributed by atoms with Gasteiger partial charge in [-0.25, -0.2) is 9.18 Å². The molecule has 11 heteroatoms. The van der Waals surface area contributed by atoms with Gasteiger partial charge in [0.25, 0.3) is 5.91 Å². The maximum Gasteiger partial charge on any atom is 0.322 e. The van der Waals surface area contributed by atoms with Gasteiger partial charge in [0.2, 0.25) is 0 Å². The minimum Gasteiger partial charge on any atom is -0.481 e. The van der Waals surface area contributed by atoms with E-state index in [0.717, 1.165) is 6.07 Å². The van der Waals surface area contributed by atoms with Gasteiger partial charge in [0, 0.05) is 37.8 Å². The first-order valence-corrected chi connectivity index (χ1v) is 9.70. The molecule has 30 heavy (non-hydrogen) atoms. The topological polar surface area (TPSA) is 108 Å². The van der Waals surface area contributed by atoms with Crippen molar-refractivity contribution in [3.63, 3.8) is 0 Å². The van der Waals surface area contributed by atoms with Gasteiger partial charge in [-0.3, -0.25) is 14.3 Å². The highest BCUT2D eigenvalue weighted by molar-refractivity contribution is 6.31. The summed E-state index contributed by atoms with van der Waals surface area (Å²) in [4.78, 5) is 40.0. The molecule has 0 spiro atoms. The molecule has 3 heterocycles. The van der Waals surface area contributed by atoms with Crippen molar-refractivity contribution in [1.29, 1.82) is 0 Å². The molecule has 0 radical (unpaired) electrons. The van der Waals surface area contributed by atoms with Gasteiger partial charge in [-0.1, -0.05) is 11.6 Å². The van der Waals surface area contributed by atoms with Gasteiger partial charge in [-0.05, 0) is 18.2 Å². The Kier molecular flexibility index (Phi) is 5.10. The van der Waals surface area contributed by atoms with E-state index < -0.39 is 23.7 Å². The molecule has 0 bridgehead atoms. The van der Waals surface area contributed by atoms with E-state index in [2.05, 4.69) is 10.4 Å². The number of benzene rings is 1. The maximum atomic E-state index is 13.3. The number of carboxylic acids is 1. The quantitative estimate of drug-likeness (QED) is 0.750. The molecule has 1 aromatic carbocycles. The van der Waals surface area contributed by atoms with Crippen molar-refractivity contribution < 1.29 is 23.9 Å². The zero-order valence-electron chi connectivity index (χ0n) is 16.1. The Morgan fingerprint density at radius 1 is 1.33 bits per heavy atom. The van der Waals surface area contributed by atoms with Crippen molar-refractivity contribution in [2.75, 3.05) is 25.5 Å². The van der Waals surface area contributed by atoms with Crippen LogP contribution in [0.5, 0.6) is 0 Å². The minimum absolute atomic E-state index is 0.0851. The van der Waals surface area contributed by atoms with Gasteiger partial charge in [0.1, 0.15) is 11.5 Å². The second kappa shape index (κ2) is 7.60. The molecule has 0 fully saturated rings. The summed E-state index contributed by atoms with van der Waals surface area (Å²) in [6.45, 7) is 0.704. The second-order valence-corrected chi connectivity index (χ2v) is 7.81. The molecule has 0 saturated carbocycles. The van der Waals surface area contributed by atoms with Crippen LogP contribution in [-0.4, -0.2) is 62.7 Å². The first-order valence-electron chi connectivity index (χ1n) is 9.32. The number of urea groups is 1. The van der Waals surface area contributed by atoms with Crippen LogP contribution in [-0.2, 0) is 24.3 Å². The fraction of sp³-hybridized carbons (Fsp3) is 0.368. The van der Waals surface area contributed by atoms with Gasteiger partial charge in [0.05, 0.1) is 29.7 Å². The van der Waals surface area contributed by atoms with Gasteiger partial charge >= 0.3 is 12.0 Å². The van der Waals surface area contributed by atoms with Gasteiger partial charge in [-0.15, -0.1) is 0 Å². The summed E-state index contributed by atoms with van der Waals surface area (Å²) in [6.07, 6.45) is 0.432. The number of anilines is 1. The van der Waals surface area contributed by atoms with E-state index in [0.29, 0.717) is 35.6 Å². The van der Waals surface area contributed by atoms with Crippen LogP contribution in [0.2, 0.25) is 5.02 Å². The van der Waals surface area contributed by atoms with E-state index in [1.165, 1.54) is 26.6 Å². The number of hydrogen-bond acceptors (Lipinski definition) is 4. The standard InChI is InChI=1S/C19H19ClFN5O4/c1-24-7-10(18(28)29)8-26-16(17(24)27)12-9-25(5-4-15(12)23-26)19(30)22-11-2-3-14(21)13(20)6-11/h2-3,6,10H,4-5,7-9H2,1H3,(H,22,30)(H,28,29). The lowest BCUT2D eigenvalue weighted by atomic mass is 10.0. The van der Waals surface area contributed by atoms with Crippen LogP contribution in [0.4, 0.5) is 14.9 Å². The van der Waals surface area contributed by atoms with Crippen molar-refractivity contribution in [2.45, 2.75) is 19.5 Å². The lowest BCUT2D eigenvalue weighted by molar-refractivity contribution is -0.142. The number of carbonyl (C=O) groups excluding carboxylic acids is 2. The molecule has 0 saturated heterocycles. The van der Waals surface area contributed by atoms with Gasteiger partial charge in [0.15, 0.2) is 0 Å². The SMILES string of the molecule is CN1CC(C(=O)O)Cn2nc3c(c2C1=O)CN(C(=O)Nc1ccc(F)c(Cl)c1)CC3. The predicted molar refractivity (Wildman–Crippen MR) is 105 cm³/mol. The van der Waals surface area contributed by atoms with Crippen LogP contribution in [0, 0.1) is 11.7 Å². The van der Waals surface area contributed by atoms with E-state index >= 15 is 0 Å². The second-order valence-electron chi connectivity index (χ2n) is 7.41. The number of carbonyl (C=O) groups is 3. The number of hydrogen-bond donors (Lipinski definition) is 2. The van der Waals surface area contributed by atoms with E-state index in [1.807, 2.05) is 0 Å². The fourth-order valence-electron chi connectivity index (χ4n) is 3.76.